The van der Waals surface area contributed by atoms with Crippen LogP contribution in [0.4, 0.5) is 17.1 Å². The third kappa shape index (κ3) is 18.4. The first-order chi connectivity index (χ1) is 43.5. The van der Waals surface area contributed by atoms with Crippen molar-refractivity contribution in [3.63, 3.8) is 0 Å². The molecule has 0 saturated carbocycles. The number of carboxylic acid groups (broad SMARTS) is 1. The van der Waals surface area contributed by atoms with Gasteiger partial charge in [-0.25, -0.2) is 4.79 Å². The molecule has 478 valence electrons. The second kappa shape index (κ2) is 36.0. The molecule has 10 heteroatoms. The smallest absolute Gasteiger partial charge is 0.346 e. The van der Waals surface area contributed by atoms with Crippen LogP contribution in [0, 0.1) is 23.2 Å². The molecule has 8 rings (SSSR count). The number of fused-ring (bicyclic) bond motifs is 3. The number of hydrogen-bond acceptors (Lipinski definition) is 9. The van der Waals surface area contributed by atoms with E-state index in [1.807, 2.05) is 40.1 Å². The average molecular weight is 1270 g/mol. The summed E-state index contributed by atoms with van der Waals surface area (Å²) in [5, 5.41) is 19.7. The van der Waals surface area contributed by atoms with Gasteiger partial charge in [0.2, 0.25) is 0 Å². The molecule has 0 radical (unpaired) electrons. The molecule has 1 aliphatic carbocycles. The predicted molar refractivity (Wildman–Crippen MR) is 387 cm³/mol. The van der Waals surface area contributed by atoms with Gasteiger partial charge in [0.15, 0.2) is 0 Å². The number of nitriles is 1. The first kappa shape index (κ1) is 69.4. The molecule has 0 spiro atoms. The van der Waals surface area contributed by atoms with Gasteiger partial charge in [0.05, 0.1) is 13.2 Å². The van der Waals surface area contributed by atoms with Crippen LogP contribution >= 0.6 is 45.3 Å². The van der Waals surface area contributed by atoms with Gasteiger partial charge in [-0.15, -0.1) is 45.3 Å². The van der Waals surface area contributed by atoms with E-state index < -0.39 is 5.97 Å². The van der Waals surface area contributed by atoms with Crippen molar-refractivity contribution in [1.29, 1.82) is 5.26 Å². The van der Waals surface area contributed by atoms with Crippen molar-refractivity contribution in [2.24, 2.45) is 11.8 Å². The van der Waals surface area contributed by atoms with Gasteiger partial charge in [-0.2, -0.15) is 5.26 Å². The summed E-state index contributed by atoms with van der Waals surface area (Å²) in [6.45, 7) is 19.8. The fraction of sp³-hybridized carbons (Fsp3) is 0.519. The van der Waals surface area contributed by atoms with E-state index in [1.54, 1.807) is 23.0 Å². The van der Waals surface area contributed by atoms with E-state index in [-0.39, 0.29) is 11.0 Å². The third-order valence-corrected chi connectivity index (χ3v) is 23.7. The second-order valence-corrected chi connectivity index (χ2v) is 29.5. The quantitative estimate of drug-likeness (QED) is 0.0233. The molecule has 4 heterocycles. The van der Waals surface area contributed by atoms with Crippen molar-refractivity contribution in [3.8, 4) is 57.3 Å². The van der Waals surface area contributed by atoms with Crippen LogP contribution in [0.3, 0.4) is 0 Å². The van der Waals surface area contributed by atoms with Crippen molar-refractivity contribution >= 4 is 74.5 Å². The minimum atomic E-state index is -1.18. The van der Waals surface area contributed by atoms with Crippen LogP contribution in [0.15, 0.2) is 103 Å². The summed E-state index contributed by atoms with van der Waals surface area (Å²) < 4.78 is 12.9. The monoisotopic (exact) mass is 1270 g/mol. The van der Waals surface area contributed by atoms with Gasteiger partial charge in [-0.05, 0) is 182 Å². The molecule has 7 aromatic rings. The lowest BCUT2D eigenvalue weighted by Crippen LogP contribution is -2.25. The number of thiophene rings is 4. The number of aryl methyl sites for hydroxylation is 2. The summed E-state index contributed by atoms with van der Waals surface area (Å²) in [6.07, 6.45) is 34.8. The van der Waals surface area contributed by atoms with E-state index in [2.05, 4.69) is 157 Å². The molecule has 1 N–H and O–H groups in total. The lowest BCUT2D eigenvalue weighted by molar-refractivity contribution is -0.132. The summed E-state index contributed by atoms with van der Waals surface area (Å²) in [4.78, 5) is 24.9. The van der Waals surface area contributed by atoms with E-state index in [9.17, 15) is 15.2 Å². The van der Waals surface area contributed by atoms with E-state index >= 15 is 0 Å². The molecule has 0 bridgehead atoms. The van der Waals surface area contributed by atoms with Gasteiger partial charge >= 0.3 is 5.97 Å². The number of ether oxygens (including phenoxy) is 2. The zero-order valence-corrected chi connectivity index (χ0v) is 58.6. The molecule has 89 heavy (non-hydrogen) atoms. The highest BCUT2D eigenvalue weighted by Gasteiger charge is 2.46. The number of unbranched alkanes of at least 4 members (excludes halogenated alkanes) is 14. The third-order valence-electron chi connectivity index (χ3n) is 18.6. The number of carboxylic acids is 1. The van der Waals surface area contributed by atoms with E-state index in [4.69, 9.17) is 9.47 Å². The highest BCUT2D eigenvalue weighted by Crippen LogP contribution is 2.63. The maximum Gasteiger partial charge on any atom is 0.346 e. The Morgan fingerprint density at radius 1 is 0.506 bits per heavy atom. The van der Waals surface area contributed by atoms with Crippen LogP contribution in [0.1, 0.15) is 249 Å². The number of carbonyl (C=O) groups is 1. The molecule has 2 unspecified atom stereocenters. The second-order valence-electron chi connectivity index (χ2n) is 25.3. The largest absolute Gasteiger partial charge is 0.493 e. The Morgan fingerprint density at radius 3 is 1.35 bits per heavy atom. The Kier molecular flexibility index (Phi) is 28.1. The van der Waals surface area contributed by atoms with Gasteiger partial charge in [0.25, 0.3) is 0 Å². The standard InChI is InChI=1S/C79H104N2O4S4/c1-9-17-23-27-33-60-49-68(50-62(54-80)78(82)83)86-74(60)72-52-69-76(88-72)77-70(79(69,47-29-25-19-11-3)48-30-26-20-12-4)53-73(89-77)75-61(34-28-24-18-10-2)51-71(87-75)59-35-37-63(38-36-59)81(64-39-43-66(44-40-64)84-55-57(15-7)31-21-13-5)65-41-45-67(46-42-65)85-56-58(16-8)32-22-14-6/h35-46,49-53,57-58H,9-34,47-48,55-56H2,1-8H3,(H,82,83)/b62-50-. The maximum atomic E-state index is 12.1. The SMILES string of the molecule is CCCCCCc1cc(/C=C(/C#N)C(=O)O)sc1-c1cc2c(s1)-c1sc(-c3sc(-c4ccc(N(c5ccc(OCC(CC)CCCC)cc5)c5ccc(OCC(CC)CCCC)cc5)cc4)cc3CCCCCC)cc1C2(CCCCCC)CCCCCC. The molecule has 6 nitrogen and oxygen atoms in total. The summed E-state index contributed by atoms with van der Waals surface area (Å²) in [6, 6.07) is 38.6. The van der Waals surface area contributed by atoms with E-state index in [1.165, 1.54) is 191 Å². The van der Waals surface area contributed by atoms with Crippen LogP contribution in [-0.2, 0) is 23.1 Å². The Bertz CT molecular complexity index is 3240. The minimum absolute atomic E-state index is 0.0727. The van der Waals surface area contributed by atoms with Crippen molar-refractivity contribution < 1.29 is 19.4 Å². The lowest BCUT2D eigenvalue weighted by atomic mass is 9.71. The van der Waals surface area contributed by atoms with Gasteiger partial charge in [0, 0.05) is 61.5 Å². The van der Waals surface area contributed by atoms with Gasteiger partial charge in [-0.3, -0.25) is 0 Å². The fourth-order valence-electron chi connectivity index (χ4n) is 13.0. The van der Waals surface area contributed by atoms with Crippen molar-refractivity contribution in [3.05, 3.63) is 130 Å². The summed E-state index contributed by atoms with van der Waals surface area (Å²) in [5.41, 5.74) is 10.0. The van der Waals surface area contributed by atoms with Crippen molar-refractivity contribution in [2.45, 2.75) is 241 Å². The molecule has 3 aromatic carbocycles. The first-order valence-electron chi connectivity index (χ1n) is 34.8. The fourth-order valence-corrected chi connectivity index (χ4v) is 18.4. The molecule has 0 fully saturated rings. The number of aliphatic carboxylic acids is 1. The molecule has 1 aliphatic rings. The number of benzene rings is 3. The van der Waals surface area contributed by atoms with Crippen LogP contribution in [0.5, 0.6) is 11.5 Å². The van der Waals surface area contributed by atoms with Crippen molar-refractivity contribution in [2.75, 3.05) is 18.1 Å². The van der Waals surface area contributed by atoms with Crippen LogP contribution in [-0.4, -0.2) is 24.3 Å². The summed E-state index contributed by atoms with van der Waals surface area (Å²) in [7, 11) is 0. The number of hydrogen-bond donors (Lipinski definition) is 1. The number of rotatable bonds is 42. The Morgan fingerprint density at radius 2 is 0.921 bits per heavy atom. The normalized spacial score (nSPS) is 13.3. The maximum absolute atomic E-state index is 12.1. The van der Waals surface area contributed by atoms with E-state index in [0.29, 0.717) is 11.8 Å². The minimum Gasteiger partial charge on any atom is -0.493 e. The molecule has 2 atom stereocenters. The van der Waals surface area contributed by atoms with Gasteiger partial charge < -0.3 is 19.5 Å². The number of anilines is 3. The lowest BCUT2D eigenvalue weighted by Gasteiger charge is -2.31. The zero-order valence-electron chi connectivity index (χ0n) is 55.4. The Labute approximate surface area is 552 Å². The summed E-state index contributed by atoms with van der Waals surface area (Å²) in [5.74, 6) is 1.78. The molecule has 0 saturated heterocycles. The highest BCUT2D eigenvalue weighted by molar-refractivity contribution is 7.29. The average Bonchev–Trinajstić information content (AvgIpc) is 1.55. The molecule has 4 aromatic heterocycles. The topological polar surface area (TPSA) is 82.8 Å². The van der Waals surface area contributed by atoms with Crippen LogP contribution in [0.25, 0.3) is 45.8 Å². The van der Waals surface area contributed by atoms with Crippen LogP contribution in [0.2, 0.25) is 0 Å². The highest BCUT2D eigenvalue weighted by atomic mass is 32.1. The Balaban J connectivity index is 1.18. The van der Waals surface area contributed by atoms with E-state index in [0.717, 1.165) is 91.6 Å². The Hall–Kier alpha value is -5.44. The first-order valence-corrected chi connectivity index (χ1v) is 38.1. The predicted octanol–water partition coefficient (Wildman–Crippen LogP) is 26.0. The van der Waals surface area contributed by atoms with Gasteiger partial charge in [-0.1, -0.05) is 196 Å². The zero-order chi connectivity index (χ0) is 63.0. The number of nitrogens with zero attached hydrogens (tertiary/aromatic N) is 2. The summed E-state index contributed by atoms with van der Waals surface area (Å²) >= 11 is 7.64. The van der Waals surface area contributed by atoms with Crippen molar-refractivity contribution in [1.82, 2.24) is 0 Å². The molecule has 0 amide bonds. The van der Waals surface area contributed by atoms with Crippen LogP contribution < -0.4 is 14.4 Å². The molecule has 0 aliphatic heterocycles. The molecular weight excluding hydrogens is 1170 g/mol. The van der Waals surface area contributed by atoms with Gasteiger partial charge in [0.1, 0.15) is 23.1 Å². The molecular formula is C79H104N2O4S4.